The van der Waals surface area contributed by atoms with Crippen LogP contribution < -0.4 is 4.74 Å². The van der Waals surface area contributed by atoms with Gasteiger partial charge in [-0.1, -0.05) is 25.0 Å². The van der Waals surface area contributed by atoms with Crippen molar-refractivity contribution in [3.63, 3.8) is 0 Å². The first kappa shape index (κ1) is 14.1. The maximum Gasteiger partial charge on any atom is 0.130 e. The van der Waals surface area contributed by atoms with Crippen molar-refractivity contribution in [2.24, 2.45) is 0 Å². The van der Waals surface area contributed by atoms with E-state index in [-0.39, 0.29) is 5.78 Å². The topological polar surface area (TPSA) is 46.5 Å². The molecule has 1 aliphatic carbocycles. The highest BCUT2D eigenvalue weighted by Gasteiger charge is 2.31. The van der Waals surface area contributed by atoms with Crippen LogP contribution in [0.1, 0.15) is 44.6 Å². The van der Waals surface area contributed by atoms with Crippen LogP contribution in [0, 0.1) is 0 Å². The van der Waals surface area contributed by atoms with Gasteiger partial charge in [-0.15, -0.1) is 0 Å². The van der Waals surface area contributed by atoms with E-state index in [1.807, 2.05) is 24.3 Å². The lowest BCUT2D eigenvalue weighted by Gasteiger charge is -2.22. The van der Waals surface area contributed by atoms with Crippen molar-refractivity contribution in [3.05, 3.63) is 29.8 Å². The molecule has 0 heterocycles. The summed E-state index contributed by atoms with van der Waals surface area (Å²) in [5.41, 5.74) is 0.509. The van der Waals surface area contributed by atoms with Gasteiger partial charge < -0.3 is 14.6 Å². The number of benzene rings is 1. The summed E-state index contributed by atoms with van der Waals surface area (Å²) in [7, 11) is 0. The van der Waals surface area contributed by atoms with E-state index >= 15 is 0 Å². The largest absolute Gasteiger partial charge is 0.491 e. The van der Waals surface area contributed by atoms with Gasteiger partial charge in [0.2, 0.25) is 0 Å². The van der Waals surface area contributed by atoms with Gasteiger partial charge in [-0.3, -0.25) is 0 Å². The summed E-state index contributed by atoms with van der Waals surface area (Å²) in [6.07, 6.45) is 5.21. The molecule has 0 aromatic heterocycles. The Balaban J connectivity index is 1.83. The van der Waals surface area contributed by atoms with Gasteiger partial charge in [-0.25, -0.2) is 0 Å². The van der Waals surface area contributed by atoms with E-state index in [1.165, 1.54) is 0 Å². The number of rotatable bonds is 6. The van der Waals surface area contributed by atoms with E-state index in [2.05, 4.69) is 0 Å². The standard InChI is InChI=1S/C16H22O3/c1-13(17)4-5-14-6-8-15(9-7-14)19-12-16(18)10-2-3-11-16/h6-9,18H,2-5,10-12H2,1H3. The molecule has 0 radical (unpaired) electrons. The lowest BCUT2D eigenvalue weighted by Crippen LogP contribution is -2.32. The van der Waals surface area contributed by atoms with Crippen molar-refractivity contribution in [2.45, 2.75) is 51.0 Å². The Labute approximate surface area is 114 Å². The smallest absolute Gasteiger partial charge is 0.130 e. The van der Waals surface area contributed by atoms with Crippen molar-refractivity contribution in [3.8, 4) is 5.75 Å². The second kappa shape index (κ2) is 6.20. The third-order valence-corrected chi connectivity index (χ3v) is 3.73. The Morgan fingerprint density at radius 2 is 1.89 bits per heavy atom. The molecule has 0 unspecified atom stereocenters. The predicted molar refractivity (Wildman–Crippen MR) is 74.4 cm³/mol. The van der Waals surface area contributed by atoms with Crippen LogP contribution in [0.15, 0.2) is 24.3 Å². The third-order valence-electron chi connectivity index (χ3n) is 3.73. The number of ether oxygens (including phenoxy) is 1. The van der Waals surface area contributed by atoms with Gasteiger partial charge in [0.15, 0.2) is 0 Å². The molecule has 0 bridgehead atoms. The summed E-state index contributed by atoms with van der Waals surface area (Å²) < 4.78 is 5.66. The van der Waals surface area contributed by atoms with Gasteiger partial charge >= 0.3 is 0 Å². The first-order chi connectivity index (χ1) is 9.07. The molecule has 0 spiro atoms. The molecule has 1 aromatic carbocycles. The van der Waals surface area contributed by atoms with Crippen molar-refractivity contribution in [1.82, 2.24) is 0 Å². The molecule has 0 aliphatic heterocycles. The van der Waals surface area contributed by atoms with Crippen molar-refractivity contribution in [1.29, 1.82) is 0 Å². The maximum absolute atomic E-state index is 10.9. The number of aryl methyl sites for hydroxylation is 1. The summed E-state index contributed by atoms with van der Waals surface area (Å²) in [6, 6.07) is 7.79. The average Bonchev–Trinajstić information content (AvgIpc) is 2.83. The fraction of sp³-hybridized carbons (Fsp3) is 0.562. The van der Waals surface area contributed by atoms with Gasteiger partial charge in [-0.05, 0) is 43.9 Å². The normalized spacial score (nSPS) is 17.4. The summed E-state index contributed by atoms with van der Waals surface area (Å²) in [4.78, 5) is 10.9. The third kappa shape index (κ3) is 4.35. The Morgan fingerprint density at radius 1 is 1.26 bits per heavy atom. The highest BCUT2D eigenvalue weighted by molar-refractivity contribution is 5.75. The van der Waals surface area contributed by atoms with Gasteiger partial charge in [-0.2, -0.15) is 0 Å². The van der Waals surface area contributed by atoms with E-state index in [9.17, 15) is 9.90 Å². The molecule has 0 amide bonds. The predicted octanol–water partition coefficient (Wildman–Crippen LogP) is 2.89. The minimum absolute atomic E-state index is 0.212. The second-order valence-corrected chi connectivity index (χ2v) is 5.57. The zero-order valence-corrected chi connectivity index (χ0v) is 11.5. The van der Waals surface area contributed by atoms with E-state index in [0.717, 1.165) is 43.4 Å². The monoisotopic (exact) mass is 262 g/mol. The SMILES string of the molecule is CC(=O)CCc1ccc(OCC2(O)CCCC2)cc1. The van der Waals surface area contributed by atoms with E-state index in [4.69, 9.17) is 4.74 Å². The molecule has 104 valence electrons. The lowest BCUT2D eigenvalue weighted by atomic mass is 10.0. The van der Waals surface area contributed by atoms with Gasteiger partial charge in [0.1, 0.15) is 18.1 Å². The molecule has 3 heteroatoms. The number of Topliss-reactive ketones (excluding diaryl/α,β-unsaturated/α-hetero) is 1. The Hall–Kier alpha value is -1.35. The highest BCUT2D eigenvalue weighted by Crippen LogP contribution is 2.30. The Kier molecular flexibility index (Phi) is 4.59. The summed E-state index contributed by atoms with van der Waals surface area (Å²) in [6.45, 7) is 1.99. The molecule has 2 rings (SSSR count). The molecule has 0 saturated heterocycles. The Morgan fingerprint density at radius 3 is 2.47 bits per heavy atom. The quantitative estimate of drug-likeness (QED) is 0.857. The van der Waals surface area contributed by atoms with Gasteiger partial charge in [0, 0.05) is 6.42 Å². The zero-order chi connectivity index (χ0) is 13.7. The van der Waals surface area contributed by atoms with Gasteiger partial charge in [0.25, 0.3) is 0 Å². The molecule has 1 N–H and O–H groups in total. The molecule has 1 aromatic rings. The van der Waals surface area contributed by atoms with E-state index < -0.39 is 5.60 Å². The van der Waals surface area contributed by atoms with Crippen LogP contribution >= 0.6 is 0 Å². The fourth-order valence-corrected chi connectivity index (χ4v) is 2.47. The first-order valence-corrected chi connectivity index (χ1v) is 7.01. The molecular formula is C16H22O3. The average molecular weight is 262 g/mol. The van der Waals surface area contributed by atoms with Crippen LogP contribution in [0.5, 0.6) is 5.75 Å². The van der Waals surface area contributed by atoms with Crippen LogP contribution in [0.25, 0.3) is 0 Å². The van der Waals surface area contributed by atoms with Crippen LogP contribution in [-0.4, -0.2) is 23.1 Å². The Bertz CT molecular complexity index is 416. The summed E-state index contributed by atoms with van der Waals surface area (Å²) in [5, 5.41) is 10.2. The molecule has 1 aliphatic rings. The molecule has 19 heavy (non-hydrogen) atoms. The molecule has 1 saturated carbocycles. The van der Waals surface area contributed by atoms with E-state index in [1.54, 1.807) is 6.92 Å². The number of hydrogen-bond donors (Lipinski definition) is 1. The van der Waals surface area contributed by atoms with Crippen molar-refractivity contribution in [2.75, 3.05) is 6.61 Å². The molecular weight excluding hydrogens is 240 g/mol. The minimum Gasteiger partial charge on any atom is -0.491 e. The second-order valence-electron chi connectivity index (χ2n) is 5.57. The van der Waals surface area contributed by atoms with Crippen LogP contribution in [0.3, 0.4) is 0 Å². The van der Waals surface area contributed by atoms with Crippen LogP contribution in [0.4, 0.5) is 0 Å². The molecule has 3 nitrogen and oxygen atoms in total. The zero-order valence-electron chi connectivity index (χ0n) is 11.5. The fourth-order valence-electron chi connectivity index (χ4n) is 2.47. The van der Waals surface area contributed by atoms with Crippen molar-refractivity contribution < 1.29 is 14.6 Å². The maximum atomic E-state index is 10.9. The number of ketones is 1. The number of carbonyl (C=O) groups is 1. The number of hydrogen-bond acceptors (Lipinski definition) is 3. The first-order valence-electron chi connectivity index (χ1n) is 7.01. The summed E-state index contributed by atoms with van der Waals surface area (Å²) in [5.74, 6) is 0.996. The lowest BCUT2D eigenvalue weighted by molar-refractivity contribution is -0.116. The number of carbonyl (C=O) groups excluding carboxylic acids is 1. The van der Waals surface area contributed by atoms with E-state index in [0.29, 0.717) is 13.0 Å². The molecule has 1 fully saturated rings. The van der Waals surface area contributed by atoms with Crippen molar-refractivity contribution >= 4 is 5.78 Å². The summed E-state index contributed by atoms with van der Waals surface area (Å²) >= 11 is 0. The van der Waals surface area contributed by atoms with Gasteiger partial charge in [0.05, 0.1) is 5.60 Å². The van der Waals surface area contributed by atoms with Crippen LogP contribution in [0.2, 0.25) is 0 Å². The van der Waals surface area contributed by atoms with Crippen LogP contribution in [-0.2, 0) is 11.2 Å². The number of aliphatic hydroxyl groups is 1. The highest BCUT2D eigenvalue weighted by atomic mass is 16.5. The molecule has 0 atom stereocenters. The minimum atomic E-state index is -0.632.